The van der Waals surface area contributed by atoms with Gasteiger partial charge in [-0.15, -0.1) is 11.3 Å². The molecule has 1 aromatic carbocycles. The first kappa shape index (κ1) is 21.1. The summed E-state index contributed by atoms with van der Waals surface area (Å²) in [6.45, 7) is 0.0672. The fraction of sp³-hybridized carbons (Fsp3) is 0.333. The highest BCUT2D eigenvalue weighted by atomic mass is 32.2. The Kier molecular flexibility index (Phi) is 7.11. The van der Waals surface area contributed by atoms with Gasteiger partial charge in [-0.2, -0.15) is 0 Å². The number of sulfonamides is 1. The van der Waals surface area contributed by atoms with Crippen LogP contribution in [0.2, 0.25) is 0 Å². The second-order valence-electron chi connectivity index (χ2n) is 5.79. The van der Waals surface area contributed by atoms with Gasteiger partial charge in [0.2, 0.25) is 10.0 Å². The first-order chi connectivity index (χ1) is 12.8. The third kappa shape index (κ3) is 5.15. The fourth-order valence-electron chi connectivity index (χ4n) is 2.24. The summed E-state index contributed by atoms with van der Waals surface area (Å²) in [6.07, 6.45) is 0.665. The number of hydrogen-bond donors (Lipinski definition) is 0. The minimum atomic E-state index is -3.78. The quantitative estimate of drug-likeness (QED) is 0.358. The molecule has 0 N–H and O–H groups in total. The van der Waals surface area contributed by atoms with Crippen LogP contribution in [0.3, 0.4) is 0 Å². The Hall–Kier alpha value is -2.23. The van der Waals surface area contributed by atoms with E-state index in [0.29, 0.717) is 11.3 Å². The Balaban J connectivity index is 2.01. The van der Waals surface area contributed by atoms with E-state index in [1.165, 1.54) is 50.7 Å². The lowest BCUT2D eigenvalue weighted by Crippen LogP contribution is -2.23. The molecule has 9 heteroatoms. The molecule has 0 bridgehead atoms. The molecule has 2 rings (SSSR count). The number of rotatable bonds is 9. The van der Waals surface area contributed by atoms with Gasteiger partial charge in [-0.1, -0.05) is 6.07 Å². The molecule has 0 amide bonds. The van der Waals surface area contributed by atoms with Gasteiger partial charge in [0.1, 0.15) is 10.6 Å². The number of ether oxygens (including phenoxy) is 2. The molecule has 0 aliphatic heterocycles. The average molecular weight is 412 g/mol. The van der Waals surface area contributed by atoms with Crippen molar-refractivity contribution in [3.05, 3.63) is 46.2 Å². The van der Waals surface area contributed by atoms with Crippen LogP contribution in [0, 0.1) is 0 Å². The molecule has 0 saturated carbocycles. The zero-order valence-corrected chi connectivity index (χ0v) is 16.9. The van der Waals surface area contributed by atoms with Crippen molar-refractivity contribution < 1.29 is 27.5 Å². The molecular weight excluding hydrogens is 390 g/mol. The third-order valence-electron chi connectivity index (χ3n) is 3.74. The summed E-state index contributed by atoms with van der Waals surface area (Å²) in [5, 5.41) is 1.83. The minimum Gasteiger partial charge on any atom is -0.495 e. The highest BCUT2D eigenvalue weighted by Gasteiger charge is 2.24. The van der Waals surface area contributed by atoms with Crippen molar-refractivity contribution in [1.29, 1.82) is 0 Å². The lowest BCUT2D eigenvalue weighted by atomic mass is 10.2. The summed E-state index contributed by atoms with van der Waals surface area (Å²) in [5.41, 5.74) is 0.0980. The number of Topliss-reactive ketones (excluding diaryl/α,β-unsaturated/α-hetero) is 1. The number of carbonyl (C=O) groups excluding carboxylic acids is 2. The van der Waals surface area contributed by atoms with Gasteiger partial charge in [-0.25, -0.2) is 17.5 Å². The van der Waals surface area contributed by atoms with Gasteiger partial charge in [0, 0.05) is 20.5 Å². The van der Waals surface area contributed by atoms with Crippen molar-refractivity contribution in [1.82, 2.24) is 4.31 Å². The zero-order chi connectivity index (χ0) is 20.0. The zero-order valence-electron chi connectivity index (χ0n) is 15.3. The predicted molar refractivity (Wildman–Crippen MR) is 102 cm³/mol. The number of benzene rings is 1. The molecule has 27 heavy (non-hydrogen) atoms. The van der Waals surface area contributed by atoms with Crippen molar-refractivity contribution in [3.8, 4) is 5.75 Å². The average Bonchev–Trinajstić information content (AvgIpc) is 3.19. The van der Waals surface area contributed by atoms with Crippen LogP contribution in [0.1, 0.15) is 32.9 Å². The first-order valence-electron chi connectivity index (χ1n) is 8.11. The predicted octanol–water partition coefficient (Wildman–Crippen LogP) is 2.83. The lowest BCUT2D eigenvalue weighted by Gasteiger charge is -2.15. The summed E-state index contributed by atoms with van der Waals surface area (Å²) >= 11 is 1.37. The van der Waals surface area contributed by atoms with E-state index in [2.05, 4.69) is 0 Å². The molecule has 1 aromatic heterocycles. The topological polar surface area (TPSA) is 90.0 Å². The van der Waals surface area contributed by atoms with Crippen LogP contribution in [0.25, 0.3) is 0 Å². The van der Waals surface area contributed by atoms with Crippen LogP contribution in [-0.2, 0) is 14.8 Å². The monoisotopic (exact) mass is 411 g/mol. The van der Waals surface area contributed by atoms with Gasteiger partial charge in [0.25, 0.3) is 0 Å². The van der Waals surface area contributed by atoms with E-state index in [1.807, 2.05) is 5.38 Å². The first-order valence-corrected chi connectivity index (χ1v) is 10.4. The van der Waals surface area contributed by atoms with Crippen molar-refractivity contribution >= 4 is 33.1 Å². The van der Waals surface area contributed by atoms with Crippen molar-refractivity contribution in [2.24, 2.45) is 0 Å². The Bertz CT molecular complexity index is 904. The number of ketones is 1. The van der Waals surface area contributed by atoms with Gasteiger partial charge in [0.05, 0.1) is 24.2 Å². The summed E-state index contributed by atoms with van der Waals surface area (Å²) in [4.78, 5) is 24.7. The SMILES string of the molecule is COc1ccc(C(=O)OCCCC(=O)c2cccs2)cc1S(=O)(=O)N(C)C. The maximum Gasteiger partial charge on any atom is 0.338 e. The van der Waals surface area contributed by atoms with Crippen molar-refractivity contribution in [3.63, 3.8) is 0 Å². The van der Waals surface area contributed by atoms with Gasteiger partial charge >= 0.3 is 5.97 Å². The number of hydrogen-bond acceptors (Lipinski definition) is 7. The molecule has 1 heterocycles. The summed E-state index contributed by atoms with van der Waals surface area (Å²) in [7, 11) is 0.360. The third-order valence-corrected chi connectivity index (χ3v) is 6.48. The maximum absolute atomic E-state index is 12.4. The van der Waals surface area contributed by atoms with E-state index >= 15 is 0 Å². The van der Waals surface area contributed by atoms with Gasteiger partial charge in [-0.05, 0) is 36.1 Å². The molecule has 146 valence electrons. The molecule has 0 atom stereocenters. The molecule has 0 unspecified atom stereocenters. The van der Waals surface area contributed by atoms with Crippen LogP contribution in [0.15, 0.2) is 40.6 Å². The van der Waals surface area contributed by atoms with E-state index in [-0.39, 0.29) is 35.0 Å². The maximum atomic E-state index is 12.4. The molecule has 0 fully saturated rings. The van der Waals surface area contributed by atoms with Crippen LogP contribution >= 0.6 is 11.3 Å². The number of nitrogens with zero attached hydrogens (tertiary/aromatic N) is 1. The molecule has 0 aliphatic rings. The van der Waals surface area contributed by atoms with Crippen LogP contribution < -0.4 is 4.74 Å². The van der Waals surface area contributed by atoms with Gasteiger partial charge in [-0.3, -0.25) is 4.79 Å². The largest absolute Gasteiger partial charge is 0.495 e. The molecule has 2 aromatic rings. The molecule has 7 nitrogen and oxygen atoms in total. The number of esters is 1. The summed E-state index contributed by atoms with van der Waals surface area (Å²) in [5.74, 6) is -0.511. The number of carbonyl (C=O) groups is 2. The van der Waals surface area contributed by atoms with E-state index < -0.39 is 16.0 Å². The normalized spacial score (nSPS) is 11.4. The second-order valence-corrected chi connectivity index (χ2v) is 8.86. The highest BCUT2D eigenvalue weighted by molar-refractivity contribution is 7.89. The highest BCUT2D eigenvalue weighted by Crippen LogP contribution is 2.27. The summed E-state index contributed by atoms with van der Waals surface area (Å²) in [6, 6.07) is 7.64. The van der Waals surface area contributed by atoms with E-state index in [9.17, 15) is 18.0 Å². The number of methoxy groups -OCH3 is 1. The molecule has 0 aliphatic carbocycles. The molecular formula is C18H21NO6S2. The lowest BCUT2D eigenvalue weighted by molar-refractivity contribution is 0.0494. The van der Waals surface area contributed by atoms with Crippen molar-refractivity contribution in [2.45, 2.75) is 17.7 Å². The smallest absolute Gasteiger partial charge is 0.338 e. The fourth-order valence-corrected chi connectivity index (χ4v) is 4.01. The van der Waals surface area contributed by atoms with Crippen LogP contribution in [0.5, 0.6) is 5.75 Å². The van der Waals surface area contributed by atoms with Crippen molar-refractivity contribution in [2.75, 3.05) is 27.8 Å². The van der Waals surface area contributed by atoms with E-state index in [4.69, 9.17) is 9.47 Å². The van der Waals surface area contributed by atoms with E-state index in [1.54, 1.807) is 12.1 Å². The van der Waals surface area contributed by atoms with Gasteiger partial charge in [0.15, 0.2) is 5.78 Å². The summed E-state index contributed by atoms with van der Waals surface area (Å²) < 4.78 is 36.1. The Morgan fingerprint density at radius 1 is 1.19 bits per heavy atom. The molecule has 0 saturated heterocycles. The van der Waals surface area contributed by atoms with Crippen LogP contribution in [-0.4, -0.2) is 52.3 Å². The minimum absolute atomic E-state index is 0.00450. The molecule has 0 radical (unpaired) electrons. The standard InChI is InChI=1S/C18H21NO6S2/c1-19(2)27(22,23)17-12-13(8-9-15(17)24-3)18(21)25-10-4-6-14(20)16-7-5-11-26-16/h5,7-9,11-12H,4,6,10H2,1-3H3. The van der Waals surface area contributed by atoms with Crippen LogP contribution in [0.4, 0.5) is 0 Å². The second kappa shape index (κ2) is 9.12. The Morgan fingerprint density at radius 2 is 1.93 bits per heavy atom. The number of thiophene rings is 1. The van der Waals surface area contributed by atoms with Gasteiger partial charge < -0.3 is 9.47 Å². The molecule has 0 spiro atoms. The Morgan fingerprint density at radius 3 is 2.52 bits per heavy atom. The van der Waals surface area contributed by atoms with E-state index in [0.717, 1.165) is 4.31 Å². The Labute approximate surface area is 162 Å².